The van der Waals surface area contributed by atoms with Crippen molar-refractivity contribution in [2.75, 3.05) is 0 Å². The summed E-state index contributed by atoms with van der Waals surface area (Å²) in [7, 11) is 0. The van der Waals surface area contributed by atoms with Crippen molar-refractivity contribution in [3.63, 3.8) is 0 Å². The Bertz CT molecular complexity index is 1210. The fourth-order valence-corrected chi connectivity index (χ4v) is 13.2. The number of hydrogen-bond donors (Lipinski definition) is 0. The van der Waals surface area contributed by atoms with E-state index in [0.717, 1.165) is 61.2 Å². The molecule has 0 amide bonds. The maximum atomic E-state index is 12.9. The molecule has 0 aromatic rings. The molecule has 0 aromatic heterocycles. The number of allylic oxidation sites excluding steroid dienone is 5. The first-order valence-corrected chi connectivity index (χ1v) is 26.9. The molecule has 8 atom stereocenters. The van der Waals surface area contributed by atoms with Crippen LogP contribution in [0.15, 0.2) is 36.0 Å². The largest absolute Gasteiger partial charge is 0.462 e. The van der Waals surface area contributed by atoms with E-state index >= 15 is 0 Å². The van der Waals surface area contributed by atoms with Crippen LogP contribution < -0.4 is 0 Å². The molecule has 0 radical (unpaired) electrons. The number of esters is 1. The normalized spacial score (nSPS) is 28.5. The van der Waals surface area contributed by atoms with E-state index in [1.165, 1.54) is 193 Å². The van der Waals surface area contributed by atoms with Gasteiger partial charge in [-0.2, -0.15) is 0 Å². The summed E-state index contributed by atoms with van der Waals surface area (Å²) in [5, 5.41) is 0. The van der Waals surface area contributed by atoms with Crippen LogP contribution in [0.4, 0.5) is 0 Å². The number of fused-ring (bicyclic) bond motifs is 5. The molecule has 0 aromatic carbocycles. The first-order chi connectivity index (χ1) is 28.7. The molecule has 0 saturated heterocycles. The molecule has 8 unspecified atom stereocenters. The fraction of sp³-hybridized carbons (Fsp3) is 0.877. The lowest BCUT2D eigenvalue weighted by Crippen LogP contribution is -2.51. The molecule has 4 aliphatic rings. The zero-order valence-corrected chi connectivity index (χ0v) is 40.5. The van der Waals surface area contributed by atoms with Crippen molar-refractivity contribution >= 4 is 5.97 Å². The van der Waals surface area contributed by atoms with Crippen LogP contribution in [-0.2, 0) is 9.53 Å². The zero-order chi connectivity index (χ0) is 42.2. The van der Waals surface area contributed by atoms with Crippen molar-refractivity contribution in [1.82, 2.24) is 0 Å². The first-order valence-electron chi connectivity index (χ1n) is 26.9. The van der Waals surface area contributed by atoms with Crippen LogP contribution in [0.1, 0.15) is 266 Å². The van der Waals surface area contributed by atoms with E-state index < -0.39 is 0 Å². The second-order valence-corrected chi connectivity index (χ2v) is 21.9. The smallest absolute Gasteiger partial charge is 0.306 e. The molecular weight excluding hydrogens is 717 g/mol. The van der Waals surface area contributed by atoms with Gasteiger partial charge in [0, 0.05) is 12.8 Å². The lowest BCUT2D eigenvalue weighted by molar-refractivity contribution is -0.151. The maximum absolute atomic E-state index is 12.9. The summed E-state index contributed by atoms with van der Waals surface area (Å²) in [5.74, 6) is 5.32. The third-order valence-electron chi connectivity index (χ3n) is 16.9. The minimum Gasteiger partial charge on any atom is -0.462 e. The lowest BCUT2D eigenvalue weighted by Gasteiger charge is -2.58. The third-order valence-corrected chi connectivity index (χ3v) is 16.9. The Morgan fingerprint density at radius 1 is 0.661 bits per heavy atom. The minimum absolute atomic E-state index is 0.0652. The second-order valence-electron chi connectivity index (χ2n) is 21.9. The molecule has 4 aliphatic carbocycles. The summed E-state index contributed by atoms with van der Waals surface area (Å²) >= 11 is 0. The van der Waals surface area contributed by atoms with E-state index in [1.807, 2.05) is 0 Å². The van der Waals surface area contributed by atoms with Gasteiger partial charge in [0.05, 0.1) is 0 Å². The number of hydrogen-bond acceptors (Lipinski definition) is 2. The van der Waals surface area contributed by atoms with Crippen LogP contribution in [0, 0.1) is 46.3 Å². The highest BCUT2D eigenvalue weighted by molar-refractivity contribution is 5.69. The molecule has 2 nitrogen and oxygen atoms in total. The van der Waals surface area contributed by atoms with Crippen LogP contribution in [0.2, 0.25) is 0 Å². The zero-order valence-electron chi connectivity index (χ0n) is 40.5. The summed E-state index contributed by atoms with van der Waals surface area (Å²) in [6.07, 6.45) is 58.3. The molecule has 3 saturated carbocycles. The topological polar surface area (TPSA) is 26.3 Å². The van der Waals surface area contributed by atoms with Gasteiger partial charge >= 0.3 is 5.97 Å². The number of rotatable bonds is 32. The van der Waals surface area contributed by atoms with Crippen molar-refractivity contribution in [3.05, 3.63) is 36.0 Å². The lowest BCUT2D eigenvalue weighted by atomic mass is 9.47. The van der Waals surface area contributed by atoms with E-state index in [-0.39, 0.29) is 12.1 Å². The van der Waals surface area contributed by atoms with Crippen molar-refractivity contribution in [2.45, 2.75) is 272 Å². The standard InChI is InChI=1S/C57H100O2/c1-7-8-9-10-11-12-13-14-15-16-17-18-19-20-21-22-23-24-25-26-27-28-29-30-31-32-33-37-55(58)59-50-42-44-56(5)49(46-50)38-39-51-53-41-40-52(48(4)36-34-35-47(2)3)57(53,6)45-43-54(51)56/h13-14,16-17,38,47-48,50-54H,7-12,15,18-37,39-46H2,1-6H3/b14-13-,17-16-. The second kappa shape index (κ2) is 28.4. The van der Waals surface area contributed by atoms with Gasteiger partial charge in [-0.1, -0.05) is 206 Å². The first kappa shape index (κ1) is 50.3. The number of ether oxygens (including phenoxy) is 1. The SMILES string of the molecule is CCCCCCC/C=C\C/C=C\CCCCCCCCCCCCCCCCCC(=O)OC1CCC2(C)C(=CCC3C2CCC2(C)C(C(C)CCCC(C)C)CCC32)C1. The Morgan fingerprint density at radius 2 is 1.24 bits per heavy atom. The molecule has 0 aliphatic heterocycles. The third kappa shape index (κ3) is 17.1. The van der Waals surface area contributed by atoms with Gasteiger partial charge in [-0.05, 0) is 130 Å². The summed E-state index contributed by atoms with van der Waals surface area (Å²) in [5.41, 5.74) is 2.53. The van der Waals surface area contributed by atoms with Crippen molar-refractivity contribution in [3.8, 4) is 0 Å². The molecule has 4 rings (SSSR count). The predicted molar refractivity (Wildman–Crippen MR) is 258 cm³/mol. The van der Waals surface area contributed by atoms with Gasteiger partial charge in [-0.3, -0.25) is 4.79 Å². The summed E-state index contributed by atoms with van der Waals surface area (Å²) in [6, 6.07) is 0. The highest BCUT2D eigenvalue weighted by atomic mass is 16.5. The van der Waals surface area contributed by atoms with Gasteiger partial charge in [0.15, 0.2) is 0 Å². The summed E-state index contributed by atoms with van der Waals surface area (Å²) in [4.78, 5) is 12.9. The van der Waals surface area contributed by atoms with Crippen molar-refractivity contribution in [1.29, 1.82) is 0 Å². The van der Waals surface area contributed by atoms with Crippen LogP contribution in [0.25, 0.3) is 0 Å². The van der Waals surface area contributed by atoms with Gasteiger partial charge in [0.25, 0.3) is 0 Å². The van der Waals surface area contributed by atoms with Crippen LogP contribution in [-0.4, -0.2) is 12.1 Å². The quantitative estimate of drug-likeness (QED) is 0.0384. The average molecular weight is 817 g/mol. The van der Waals surface area contributed by atoms with E-state index in [4.69, 9.17) is 4.74 Å². The van der Waals surface area contributed by atoms with Crippen LogP contribution in [0.5, 0.6) is 0 Å². The number of carbonyl (C=O) groups is 1. The highest BCUT2D eigenvalue weighted by Crippen LogP contribution is 2.67. The van der Waals surface area contributed by atoms with E-state index in [2.05, 4.69) is 71.9 Å². The highest BCUT2D eigenvalue weighted by Gasteiger charge is 2.59. The Balaban J connectivity index is 0.946. The van der Waals surface area contributed by atoms with Gasteiger partial charge in [-0.25, -0.2) is 0 Å². The molecule has 3 fully saturated rings. The van der Waals surface area contributed by atoms with Gasteiger partial charge < -0.3 is 4.74 Å². The Labute approximate surface area is 368 Å². The minimum atomic E-state index is 0.0652. The van der Waals surface area contributed by atoms with E-state index in [1.54, 1.807) is 5.57 Å². The number of unbranched alkanes of at least 4 members (excludes halogenated alkanes) is 20. The molecule has 2 heteroatoms. The maximum Gasteiger partial charge on any atom is 0.306 e. The molecular formula is C57H100O2. The molecule has 59 heavy (non-hydrogen) atoms. The van der Waals surface area contributed by atoms with Crippen molar-refractivity contribution in [2.24, 2.45) is 46.3 Å². The molecule has 0 bridgehead atoms. The average Bonchev–Trinajstić information content (AvgIpc) is 3.58. The van der Waals surface area contributed by atoms with E-state index in [9.17, 15) is 4.79 Å². The molecule has 0 N–H and O–H groups in total. The summed E-state index contributed by atoms with van der Waals surface area (Å²) in [6.45, 7) is 15.0. The van der Waals surface area contributed by atoms with Crippen molar-refractivity contribution < 1.29 is 9.53 Å². The fourth-order valence-electron chi connectivity index (χ4n) is 13.2. The van der Waals surface area contributed by atoms with E-state index in [0.29, 0.717) is 17.3 Å². The summed E-state index contributed by atoms with van der Waals surface area (Å²) < 4.78 is 6.17. The van der Waals surface area contributed by atoms with Gasteiger partial charge in [0.2, 0.25) is 0 Å². The van der Waals surface area contributed by atoms with Crippen LogP contribution >= 0.6 is 0 Å². The molecule has 0 spiro atoms. The number of carbonyl (C=O) groups excluding carboxylic acids is 1. The molecule has 0 heterocycles. The monoisotopic (exact) mass is 817 g/mol. The Morgan fingerprint density at radius 3 is 1.83 bits per heavy atom. The molecule has 340 valence electrons. The Kier molecular flexibility index (Phi) is 24.2. The van der Waals surface area contributed by atoms with Crippen LogP contribution in [0.3, 0.4) is 0 Å². The predicted octanol–water partition coefficient (Wildman–Crippen LogP) is 18.4. The Hall–Kier alpha value is -1.31. The van der Waals surface area contributed by atoms with Gasteiger partial charge in [-0.15, -0.1) is 0 Å². The van der Waals surface area contributed by atoms with Gasteiger partial charge in [0.1, 0.15) is 6.10 Å².